The fraction of sp³-hybridized carbons (Fsp3) is 0.417. The van der Waals surface area contributed by atoms with Crippen molar-refractivity contribution in [3.05, 3.63) is 29.3 Å². The summed E-state index contributed by atoms with van der Waals surface area (Å²) in [7, 11) is 3.49. The van der Waals surface area contributed by atoms with Crippen molar-refractivity contribution in [3.8, 4) is 5.75 Å². The molecule has 0 aliphatic heterocycles. The molecule has 1 rings (SSSR count). The molecule has 1 aromatic rings. The van der Waals surface area contributed by atoms with Crippen molar-refractivity contribution in [2.45, 2.75) is 12.8 Å². The van der Waals surface area contributed by atoms with Gasteiger partial charge < -0.3 is 9.64 Å². The van der Waals surface area contributed by atoms with E-state index in [0.29, 0.717) is 30.2 Å². The van der Waals surface area contributed by atoms with Crippen molar-refractivity contribution < 1.29 is 9.53 Å². The van der Waals surface area contributed by atoms with Crippen LogP contribution in [0.1, 0.15) is 12.8 Å². The zero-order valence-electron chi connectivity index (χ0n) is 9.57. The number of halogens is 1. The Hall–Kier alpha value is -1.22. The molecule has 0 unspecified atom stereocenters. The minimum atomic E-state index is 0.114. The van der Waals surface area contributed by atoms with E-state index in [2.05, 4.69) is 0 Å². The number of carbonyl (C=O) groups excluding carboxylic acids is 1. The fourth-order valence-electron chi connectivity index (χ4n) is 1.19. The van der Waals surface area contributed by atoms with E-state index < -0.39 is 0 Å². The minimum Gasteiger partial charge on any atom is -0.492 e. The molecule has 0 bridgehead atoms. The van der Waals surface area contributed by atoms with Crippen LogP contribution in [0.15, 0.2) is 24.3 Å². The van der Waals surface area contributed by atoms with E-state index in [1.165, 1.54) is 0 Å². The van der Waals surface area contributed by atoms with Gasteiger partial charge in [-0.25, -0.2) is 0 Å². The predicted molar refractivity (Wildman–Crippen MR) is 64.9 cm³/mol. The molecule has 4 heteroatoms. The van der Waals surface area contributed by atoms with Crippen molar-refractivity contribution in [1.29, 1.82) is 0 Å². The highest BCUT2D eigenvalue weighted by atomic mass is 35.5. The maximum Gasteiger partial charge on any atom is 0.222 e. The summed E-state index contributed by atoms with van der Waals surface area (Å²) in [5.74, 6) is 0.782. The molecule has 16 heavy (non-hydrogen) atoms. The van der Waals surface area contributed by atoms with E-state index >= 15 is 0 Å². The van der Waals surface area contributed by atoms with Gasteiger partial charge in [0.1, 0.15) is 5.75 Å². The van der Waals surface area contributed by atoms with Gasteiger partial charge in [-0.2, -0.15) is 0 Å². The monoisotopic (exact) mass is 241 g/mol. The standard InChI is InChI=1S/C12H16ClNO2/c1-14(2)12(15)8-5-9-16-11-7-4-3-6-10(11)13/h3-4,6-7H,5,8-9H2,1-2H3. The molecule has 0 aliphatic carbocycles. The van der Waals surface area contributed by atoms with Crippen LogP contribution in [-0.4, -0.2) is 31.5 Å². The molecule has 0 aliphatic rings. The summed E-state index contributed by atoms with van der Waals surface area (Å²) >= 11 is 5.92. The van der Waals surface area contributed by atoms with Crippen LogP contribution in [0, 0.1) is 0 Å². The normalized spacial score (nSPS) is 9.94. The number of para-hydroxylation sites is 1. The molecule has 0 saturated carbocycles. The number of rotatable bonds is 5. The lowest BCUT2D eigenvalue weighted by Crippen LogP contribution is -2.21. The van der Waals surface area contributed by atoms with E-state index in [0.717, 1.165) is 0 Å². The summed E-state index contributed by atoms with van der Waals surface area (Å²) in [5, 5.41) is 0.599. The second-order valence-corrected chi connectivity index (χ2v) is 4.08. The molecule has 1 amide bonds. The first-order valence-electron chi connectivity index (χ1n) is 5.18. The highest BCUT2D eigenvalue weighted by molar-refractivity contribution is 6.32. The SMILES string of the molecule is CN(C)C(=O)CCCOc1ccccc1Cl. The smallest absolute Gasteiger partial charge is 0.222 e. The van der Waals surface area contributed by atoms with Gasteiger partial charge in [0.05, 0.1) is 11.6 Å². The second-order valence-electron chi connectivity index (χ2n) is 3.67. The van der Waals surface area contributed by atoms with Gasteiger partial charge in [-0.05, 0) is 18.6 Å². The number of nitrogens with zero attached hydrogens (tertiary/aromatic N) is 1. The molecular formula is C12H16ClNO2. The third-order valence-electron chi connectivity index (χ3n) is 2.13. The summed E-state index contributed by atoms with van der Waals surface area (Å²) in [4.78, 5) is 12.8. The Morgan fingerprint density at radius 2 is 2.06 bits per heavy atom. The van der Waals surface area contributed by atoms with Crippen molar-refractivity contribution >= 4 is 17.5 Å². The highest BCUT2D eigenvalue weighted by Gasteiger charge is 2.04. The van der Waals surface area contributed by atoms with E-state index in [1.54, 1.807) is 25.1 Å². The second kappa shape index (κ2) is 6.38. The molecule has 0 atom stereocenters. The average Bonchev–Trinajstić information content (AvgIpc) is 2.26. The van der Waals surface area contributed by atoms with E-state index in [-0.39, 0.29) is 5.91 Å². The third kappa shape index (κ3) is 4.11. The largest absolute Gasteiger partial charge is 0.492 e. The Labute approximate surface area is 101 Å². The highest BCUT2D eigenvalue weighted by Crippen LogP contribution is 2.23. The van der Waals surface area contributed by atoms with Crippen LogP contribution in [0.5, 0.6) is 5.75 Å². The number of carbonyl (C=O) groups is 1. The molecule has 0 aromatic heterocycles. The van der Waals surface area contributed by atoms with Crippen LogP contribution >= 0.6 is 11.6 Å². The zero-order chi connectivity index (χ0) is 12.0. The number of ether oxygens (including phenoxy) is 1. The van der Waals surface area contributed by atoms with Gasteiger partial charge in [0.25, 0.3) is 0 Å². The molecule has 1 aromatic carbocycles. The summed E-state index contributed by atoms with van der Waals surface area (Å²) in [6.07, 6.45) is 1.19. The summed E-state index contributed by atoms with van der Waals surface area (Å²) in [6, 6.07) is 7.31. The van der Waals surface area contributed by atoms with Gasteiger partial charge in [0, 0.05) is 20.5 Å². The lowest BCUT2D eigenvalue weighted by atomic mass is 10.3. The van der Waals surface area contributed by atoms with Crippen LogP contribution in [0.25, 0.3) is 0 Å². The Morgan fingerprint density at radius 3 is 2.69 bits per heavy atom. The summed E-state index contributed by atoms with van der Waals surface area (Å²) in [5.41, 5.74) is 0. The van der Waals surface area contributed by atoms with Gasteiger partial charge in [0.15, 0.2) is 0 Å². The number of hydrogen-bond acceptors (Lipinski definition) is 2. The minimum absolute atomic E-state index is 0.114. The van der Waals surface area contributed by atoms with Crippen LogP contribution in [0.4, 0.5) is 0 Å². The van der Waals surface area contributed by atoms with Gasteiger partial charge in [0.2, 0.25) is 5.91 Å². The number of benzene rings is 1. The molecule has 0 saturated heterocycles. The van der Waals surface area contributed by atoms with Crippen molar-refractivity contribution in [2.75, 3.05) is 20.7 Å². The average molecular weight is 242 g/mol. The summed E-state index contributed by atoms with van der Waals surface area (Å²) in [6.45, 7) is 0.503. The Morgan fingerprint density at radius 1 is 1.38 bits per heavy atom. The predicted octanol–water partition coefficient (Wildman–Crippen LogP) is 2.59. The molecule has 0 heterocycles. The van der Waals surface area contributed by atoms with E-state index in [4.69, 9.17) is 16.3 Å². The molecule has 0 N–H and O–H groups in total. The van der Waals surface area contributed by atoms with Gasteiger partial charge >= 0.3 is 0 Å². The first-order valence-corrected chi connectivity index (χ1v) is 5.56. The molecule has 0 spiro atoms. The lowest BCUT2D eigenvalue weighted by molar-refractivity contribution is -0.128. The van der Waals surface area contributed by atoms with Crippen molar-refractivity contribution in [3.63, 3.8) is 0 Å². The van der Waals surface area contributed by atoms with Crippen molar-refractivity contribution in [1.82, 2.24) is 4.90 Å². The van der Waals surface area contributed by atoms with Crippen molar-refractivity contribution in [2.24, 2.45) is 0 Å². The van der Waals surface area contributed by atoms with Gasteiger partial charge in [-0.1, -0.05) is 23.7 Å². The number of hydrogen-bond donors (Lipinski definition) is 0. The Kier molecular flexibility index (Phi) is 5.12. The Balaban J connectivity index is 2.26. The van der Waals surface area contributed by atoms with E-state index in [1.807, 2.05) is 18.2 Å². The fourth-order valence-corrected chi connectivity index (χ4v) is 1.38. The third-order valence-corrected chi connectivity index (χ3v) is 2.44. The molecular weight excluding hydrogens is 226 g/mol. The zero-order valence-corrected chi connectivity index (χ0v) is 10.3. The number of amides is 1. The van der Waals surface area contributed by atoms with Crippen LogP contribution in [0.3, 0.4) is 0 Å². The molecule has 3 nitrogen and oxygen atoms in total. The quantitative estimate of drug-likeness (QED) is 0.742. The first kappa shape index (κ1) is 12.8. The topological polar surface area (TPSA) is 29.5 Å². The van der Waals surface area contributed by atoms with Crippen LogP contribution in [0.2, 0.25) is 5.02 Å². The molecule has 88 valence electrons. The Bertz CT molecular complexity index is 353. The lowest BCUT2D eigenvalue weighted by Gasteiger charge is -2.10. The van der Waals surface area contributed by atoms with Crippen LogP contribution in [-0.2, 0) is 4.79 Å². The molecule has 0 fully saturated rings. The van der Waals surface area contributed by atoms with E-state index in [9.17, 15) is 4.79 Å². The maximum atomic E-state index is 11.3. The van der Waals surface area contributed by atoms with Crippen LogP contribution < -0.4 is 4.74 Å². The maximum absolute atomic E-state index is 11.3. The summed E-state index contributed by atoms with van der Waals surface area (Å²) < 4.78 is 5.46. The van der Waals surface area contributed by atoms with Gasteiger partial charge in [-0.3, -0.25) is 4.79 Å². The van der Waals surface area contributed by atoms with Gasteiger partial charge in [-0.15, -0.1) is 0 Å². The molecule has 0 radical (unpaired) electrons. The first-order chi connectivity index (χ1) is 7.61.